The smallest absolute Gasteiger partial charge is 0.276 e. The van der Waals surface area contributed by atoms with Crippen LogP contribution in [0.3, 0.4) is 0 Å². The molecular weight excluding hydrogens is 370 g/mol. The SMILES string of the molecule is Cc1cc(N2CCN(C(=O)c3cc(-c4ccccc4)on3)CC2)n2ncnc2n1. The third-order valence-corrected chi connectivity index (χ3v) is 5.04. The first kappa shape index (κ1) is 17.4. The molecule has 9 nitrogen and oxygen atoms in total. The van der Waals surface area contributed by atoms with E-state index in [0.29, 0.717) is 43.4 Å². The molecule has 0 N–H and O–H groups in total. The van der Waals surface area contributed by atoms with Gasteiger partial charge >= 0.3 is 0 Å². The fraction of sp³-hybridized carbons (Fsp3) is 0.250. The van der Waals surface area contributed by atoms with Crippen LogP contribution >= 0.6 is 0 Å². The highest BCUT2D eigenvalue weighted by atomic mass is 16.5. The number of aryl methyl sites for hydroxylation is 1. The summed E-state index contributed by atoms with van der Waals surface area (Å²) in [6.45, 7) is 4.49. The van der Waals surface area contributed by atoms with Crippen molar-refractivity contribution in [1.29, 1.82) is 0 Å². The zero-order valence-corrected chi connectivity index (χ0v) is 15.9. The molecule has 1 aliphatic heterocycles. The zero-order valence-electron chi connectivity index (χ0n) is 15.9. The Balaban J connectivity index is 1.30. The Labute approximate surface area is 166 Å². The molecular formula is C20H19N7O2. The lowest BCUT2D eigenvalue weighted by molar-refractivity contribution is 0.0736. The Hall–Kier alpha value is -3.75. The summed E-state index contributed by atoms with van der Waals surface area (Å²) < 4.78 is 7.10. The second-order valence-corrected chi connectivity index (χ2v) is 6.95. The van der Waals surface area contributed by atoms with E-state index in [1.807, 2.05) is 43.3 Å². The van der Waals surface area contributed by atoms with Gasteiger partial charge in [-0.25, -0.2) is 4.98 Å². The highest BCUT2D eigenvalue weighted by Gasteiger charge is 2.26. The second kappa shape index (κ2) is 7.01. The number of rotatable bonds is 3. The number of aromatic nitrogens is 5. The second-order valence-electron chi connectivity index (χ2n) is 6.95. The lowest BCUT2D eigenvalue weighted by atomic mass is 10.1. The van der Waals surface area contributed by atoms with Crippen LogP contribution in [0.1, 0.15) is 16.2 Å². The third-order valence-electron chi connectivity index (χ3n) is 5.04. The summed E-state index contributed by atoms with van der Waals surface area (Å²) in [4.78, 5) is 25.4. The van der Waals surface area contributed by atoms with Crippen LogP contribution in [0.4, 0.5) is 5.82 Å². The summed E-state index contributed by atoms with van der Waals surface area (Å²) in [7, 11) is 0. The molecule has 0 aliphatic carbocycles. The van der Waals surface area contributed by atoms with Gasteiger partial charge in [-0.15, -0.1) is 0 Å². The van der Waals surface area contributed by atoms with Gasteiger partial charge in [0.1, 0.15) is 12.1 Å². The normalized spacial score (nSPS) is 14.5. The van der Waals surface area contributed by atoms with Crippen LogP contribution in [-0.4, -0.2) is 61.7 Å². The van der Waals surface area contributed by atoms with Crippen LogP contribution in [0.5, 0.6) is 0 Å². The molecule has 29 heavy (non-hydrogen) atoms. The van der Waals surface area contributed by atoms with Crippen molar-refractivity contribution in [2.75, 3.05) is 31.1 Å². The van der Waals surface area contributed by atoms with E-state index in [-0.39, 0.29) is 5.91 Å². The minimum Gasteiger partial charge on any atom is -0.355 e. The van der Waals surface area contributed by atoms with Crippen molar-refractivity contribution in [3.63, 3.8) is 0 Å². The molecule has 0 atom stereocenters. The Bertz CT molecular complexity index is 1160. The molecule has 1 fully saturated rings. The molecule has 0 saturated carbocycles. The molecule has 3 aromatic heterocycles. The lowest BCUT2D eigenvalue weighted by Crippen LogP contribution is -2.49. The van der Waals surface area contributed by atoms with Crippen LogP contribution in [0, 0.1) is 6.92 Å². The van der Waals surface area contributed by atoms with Crippen molar-refractivity contribution in [2.24, 2.45) is 0 Å². The van der Waals surface area contributed by atoms with Crippen molar-refractivity contribution in [1.82, 2.24) is 29.6 Å². The summed E-state index contributed by atoms with van der Waals surface area (Å²) in [5.74, 6) is 1.99. The van der Waals surface area contributed by atoms with Gasteiger partial charge in [0.05, 0.1) is 0 Å². The number of hydrogen-bond donors (Lipinski definition) is 0. The van der Waals surface area contributed by atoms with Crippen molar-refractivity contribution in [2.45, 2.75) is 6.92 Å². The molecule has 0 radical (unpaired) electrons. The number of fused-ring (bicyclic) bond motifs is 1. The summed E-state index contributed by atoms with van der Waals surface area (Å²) in [5.41, 5.74) is 2.11. The van der Waals surface area contributed by atoms with E-state index in [1.54, 1.807) is 15.5 Å². The van der Waals surface area contributed by atoms with Gasteiger partial charge in [0.25, 0.3) is 11.7 Å². The highest BCUT2D eigenvalue weighted by Crippen LogP contribution is 2.22. The maximum Gasteiger partial charge on any atom is 0.276 e. The first-order chi connectivity index (χ1) is 14.2. The van der Waals surface area contributed by atoms with Crippen LogP contribution in [0.15, 0.2) is 53.3 Å². The van der Waals surface area contributed by atoms with Gasteiger partial charge in [0, 0.05) is 49.6 Å². The monoisotopic (exact) mass is 389 g/mol. The van der Waals surface area contributed by atoms with E-state index < -0.39 is 0 Å². The summed E-state index contributed by atoms with van der Waals surface area (Å²) in [6.07, 6.45) is 1.50. The molecule has 1 aliphatic rings. The number of carbonyl (C=O) groups is 1. The Morgan fingerprint density at radius 2 is 1.86 bits per heavy atom. The van der Waals surface area contributed by atoms with Crippen molar-refractivity contribution in [3.05, 3.63) is 60.2 Å². The highest BCUT2D eigenvalue weighted by molar-refractivity contribution is 5.93. The number of piperazine rings is 1. The summed E-state index contributed by atoms with van der Waals surface area (Å²) >= 11 is 0. The molecule has 0 bridgehead atoms. The third kappa shape index (κ3) is 3.20. The molecule has 146 valence electrons. The average molecular weight is 389 g/mol. The predicted molar refractivity (Wildman–Crippen MR) is 106 cm³/mol. The minimum absolute atomic E-state index is 0.118. The van der Waals surface area contributed by atoms with Crippen LogP contribution in [0.2, 0.25) is 0 Å². The standard InChI is InChI=1S/C20H19N7O2/c1-14-11-18(27-20(23-14)21-13-22-27)25-7-9-26(10-8-25)19(28)16-12-17(29-24-16)15-5-3-2-4-6-15/h2-6,11-13H,7-10H2,1H3. The first-order valence-corrected chi connectivity index (χ1v) is 9.43. The van der Waals surface area contributed by atoms with E-state index in [2.05, 4.69) is 25.1 Å². The fourth-order valence-electron chi connectivity index (χ4n) is 3.55. The van der Waals surface area contributed by atoms with E-state index in [9.17, 15) is 4.79 Å². The van der Waals surface area contributed by atoms with Gasteiger partial charge in [-0.1, -0.05) is 35.5 Å². The number of carbonyl (C=O) groups excluding carboxylic acids is 1. The molecule has 5 rings (SSSR count). The van der Waals surface area contributed by atoms with Crippen molar-refractivity contribution in [3.8, 4) is 11.3 Å². The molecule has 1 amide bonds. The van der Waals surface area contributed by atoms with Crippen LogP contribution < -0.4 is 4.90 Å². The van der Waals surface area contributed by atoms with E-state index in [1.165, 1.54) is 6.33 Å². The van der Waals surface area contributed by atoms with Crippen LogP contribution in [-0.2, 0) is 0 Å². The largest absolute Gasteiger partial charge is 0.355 e. The molecule has 0 unspecified atom stereocenters. The number of anilines is 1. The topological polar surface area (TPSA) is 92.7 Å². The molecule has 4 heterocycles. The van der Waals surface area contributed by atoms with E-state index in [4.69, 9.17) is 4.52 Å². The molecule has 1 saturated heterocycles. The number of amides is 1. The summed E-state index contributed by atoms with van der Waals surface area (Å²) in [5, 5.41) is 8.25. The van der Waals surface area contributed by atoms with E-state index in [0.717, 1.165) is 17.1 Å². The molecule has 1 aromatic carbocycles. The summed E-state index contributed by atoms with van der Waals surface area (Å²) in [6, 6.07) is 13.3. The quantitative estimate of drug-likeness (QED) is 0.529. The lowest BCUT2D eigenvalue weighted by Gasteiger charge is -2.35. The van der Waals surface area contributed by atoms with Gasteiger partial charge in [0.15, 0.2) is 11.5 Å². The minimum atomic E-state index is -0.118. The molecule has 4 aromatic rings. The van der Waals surface area contributed by atoms with Gasteiger partial charge in [-0.3, -0.25) is 4.79 Å². The van der Waals surface area contributed by atoms with Crippen molar-refractivity contribution >= 4 is 17.5 Å². The fourth-order valence-corrected chi connectivity index (χ4v) is 3.55. The maximum absolute atomic E-state index is 12.9. The molecule has 9 heteroatoms. The van der Waals surface area contributed by atoms with Gasteiger partial charge in [0.2, 0.25) is 0 Å². The van der Waals surface area contributed by atoms with Gasteiger partial charge < -0.3 is 14.3 Å². The number of nitrogens with zero attached hydrogens (tertiary/aromatic N) is 7. The Morgan fingerprint density at radius 1 is 1.07 bits per heavy atom. The Kier molecular flexibility index (Phi) is 4.19. The van der Waals surface area contributed by atoms with Crippen molar-refractivity contribution < 1.29 is 9.32 Å². The number of benzene rings is 1. The van der Waals surface area contributed by atoms with E-state index >= 15 is 0 Å². The predicted octanol–water partition coefficient (Wildman–Crippen LogP) is 2.05. The van der Waals surface area contributed by atoms with Crippen LogP contribution in [0.25, 0.3) is 17.1 Å². The average Bonchev–Trinajstić information content (AvgIpc) is 3.43. The zero-order chi connectivity index (χ0) is 19.8. The Morgan fingerprint density at radius 3 is 2.66 bits per heavy atom. The number of hydrogen-bond acceptors (Lipinski definition) is 7. The van der Waals surface area contributed by atoms with Gasteiger partial charge in [-0.05, 0) is 6.92 Å². The maximum atomic E-state index is 12.9. The van der Waals surface area contributed by atoms with Gasteiger partial charge in [-0.2, -0.15) is 14.6 Å². The first-order valence-electron chi connectivity index (χ1n) is 9.43. The molecule has 0 spiro atoms.